The fourth-order valence-corrected chi connectivity index (χ4v) is 2.67. The molecule has 1 aromatic heterocycles. The van der Waals surface area contributed by atoms with Crippen LogP contribution in [-0.4, -0.2) is 48.7 Å². The van der Waals surface area contributed by atoms with E-state index in [1.54, 1.807) is 7.11 Å². The van der Waals surface area contributed by atoms with E-state index in [0.717, 1.165) is 49.6 Å². The van der Waals surface area contributed by atoms with Crippen LogP contribution in [-0.2, 0) is 11.3 Å². The van der Waals surface area contributed by atoms with E-state index < -0.39 is 0 Å². The lowest BCUT2D eigenvalue weighted by molar-refractivity contribution is 0.0132. The summed E-state index contributed by atoms with van der Waals surface area (Å²) in [6, 6.07) is 3.97. The summed E-state index contributed by atoms with van der Waals surface area (Å²) in [4.78, 5) is 6.99. The Hall–Kier alpha value is -0.840. The normalized spacial score (nSPS) is 17.4. The minimum atomic E-state index is 0.366. The first kappa shape index (κ1) is 15.5. The zero-order valence-corrected chi connectivity index (χ0v) is 13.0. The summed E-state index contributed by atoms with van der Waals surface area (Å²) >= 11 is 5.64. The molecule has 4 nitrogen and oxygen atoms in total. The Morgan fingerprint density at radius 3 is 2.75 bits per heavy atom. The Morgan fingerprint density at radius 1 is 1.35 bits per heavy atom. The molecule has 2 rings (SSSR count). The van der Waals surface area contributed by atoms with Gasteiger partial charge in [0.1, 0.15) is 5.75 Å². The number of pyridine rings is 1. The van der Waals surface area contributed by atoms with E-state index in [9.17, 15) is 0 Å². The smallest absolute Gasteiger partial charge is 0.122 e. The predicted octanol–water partition coefficient (Wildman–Crippen LogP) is 2.62. The molecule has 0 spiro atoms. The van der Waals surface area contributed by atoms with E-state index >= 15 is 0 Å². The lowest BCUT2D eigenvalue weighted by Crippen LogP contribution is -2.37. The number of aromatic nitrogens is 1. The van der Waals surface area contributed by atoms with E-state index in [1.165, 1.54) is 0 Å². The van der Waals surface area contributed by atoms with Gasteiger partial charge in [0.25, 0.3) is 0 Å². The fraction of sp³-hybridized carbons (Fsp3) is 0.667. The van der Waals surface area contributed by atoms with Crippen LogP contribution in [0.25, 0.3) is 0 Å². The summed E-state index contributed by atoms with van der Waals surface area (Å²) in [6.07, 6.45) is 2.50. The number of hydrogen-bond acceptors (Lipinski definition) is 4. The Bertz CT molecular complexity index is 420. The number of aryl methyl sites for hydroxylation is 1. The molecule has 112 valence electrons. The minimum Gasteiger partial charge on any atom is -0.497 e. The van der Waals surface area contributed by atoms with Crippen LogP contribution >= 0.6 is 11.6 Å². The maximum absolute atomic E-state index is 5.69. The summed E-state index contributed by atoms with van der Waals surface area (Å²) in [5.74, 6) is 1.46. The second kappa shape index (κ2) is 7.81. The fourth-order valence-electron chi connectivity index (χ4n) is 2.58. The summed E-state index contributed by atoms with van der Waals surface area (Å²) < 4.78 is 11.0. The number of ether oxygens (including phenoxy) is 2. The molecule has 1 aromatic rings. The predicted molar refractivity (Wildman–Crippen MR) is 80.5 cm³/mol. The van der Waals surface area contributed by atoms with E-state index in [1.807, 2.05) is 19.1 Å². The molecule has 0 radical (unpaired) electrons. The summed E-state index contributed by atoms with van der Waals surface area (Å²) in [6.45, 7) is 5.62. The van der Waals surface area contributed by atoms with Gasteiger partial charge in [-0.25, -0.2) is 0 Å². The lowest BCUT2D eigenvalue weighted by atomic mass is 10.1. The highest BCUT2D eigenvalue weighted by molar-refractivity contribution is 6.17. The number of halogens is 1. The van der Waals surface area contributed by atoms with Crippen LogP contribution in [0.5, 0.6) is 5.75 Å². The molecule has 1 saturated heterocycles. The molecule has 0 atom stereocenters. The molecular formula is C15H23ClN2O2. The van der Waals surface area contributed by atoms with Gasteiger partial charge < -0.3 is 9.47 Å². The van der Waals surface area contributed by atoms with Gasteiger partial charge in [0.2, 0.25) is 0 Å². The van der Waals surface area contributed by atoms with Crippen LogP contribution in [0.15, 0.2) is 12.1 Å². The highest BCUT2D eigenvalue weighted by atomic mass is 35.5. The second-order valence-electron chi connectivity index (χ2n) is 5.17. The van der Waals surface area contributed by atoms with E-state index in [4.69, 9.17) is 21.1 Å². The summed E-state index contributed by atoms with van der Waals surface area (Å²) in [5.41, 5.74) is 2.07. The third-order valence-electron chi connectivity index (χ3n) is 3.57. The van der Waals surface area contributed by atoms with Crippen LogP contribution in [0, 0.1) is 6.92 Å². The van der Waals surface area contributed by atoms with Crippen molar-refractivity contribution < 1.29 is 9.47 Å². The van der Waals surface area contributed by atoms with Gasteiger partial charge >= 0.3 is 0 Å². The van der Waals surface area contributed by atoms with Gasteiger partial charge in [-0.3, -0.25) is 9.88 Å². The van der Waals surface area contributed by atoms with Crippen molar-refractivity contribution in [1.29, 1.82) is 0 Å². The first-order valence-electron chi connectivity index (χ1n) is 7.12. The highest BCUT2D eigenvalue weighted by Crippen LogP contribution is 2.18. The van der Waals surface area contributed by atoms with Gasteiger partial charge in [-0.05, 0) is 19.8 Å². The topological polar surface area (TPSA) is 34.6 Å². The highest BCUT2D eigenvalue weighted by Gasteiger charge is 2.20. The Balaban J connectivity index is 1.84. The Labute approximate surface area is 126 Å². The molecule has 0 aliphatic carbocycles. The molecule has 0 saturated carbocycles. The second-order valence-corrected chi connectivity index (χ2v) is 5.55. The van der Waals surface area contributed by atoms with Crippen LogP contribution in [0.4, 0.5) is 0 Å². The van der Waals surface area contributed by atoms with Crippen molar-refractivity contribution in [2.45, 2.75) is 32.4 Å². The first-order valence-corrected chi connectivity index (χ1v) is 7.66. The molecule has 0 aromatic carbocycles. The number of rotatable bonds is 6. The van der Waals surface area contributed by atoms with Crippen molar-refractivity contribution in [3.05, 3.63) is 23.5 Å². The number of piperidine rings is 1. The number of hydrogen-bond donors (Lipinski definition) is 0. The van der Waals surface area contributed by atoms with Gasteiger partial charge in [-0.15, -0.1) is 11.6 Å². The molecule has 5 heteroatoms. The molecule has 20 heavy (non-hydrogen) atoms. The summed E-state index contributed by atoms with van der Waals surface area (Å²) in [5, 5.41) is 0. The van der Waals surface area contributed by atoms with E-state index in [0.29, 0.717) is 18.6 Å². The van der Waals surface area contributed by atoms with Crippen LogP contribution in [0.3, 0.4) is 0 Å². The molecule has 1 fully saturated rings. The van der Waals surface area contributed by atoms with Crippen molar-refractivity contribution in [2.24, 2.45) is 0 Å². The van der Waals surface area contributed by atoms with Gasteiger partial charge in [0.15, 0.2) is 0 Å². The molecule has 0 unspecified atom stereocenters. The maximum Gasteiger partial charge on any atom is 0.122 e. The monoisotopic (exact) mass is 298 g/mol. The standard InChI is InChI=1S/C15H23ClN2O2/c1-12-9-15(19-2)10-13(17-12)11-18-6-3-14(4-7-18)20-8-5-16/h9-10,14H,3-8,11H2,1-2H3. The SMILES string of the molecule is COc1cc(C)nc(CN2CCC(OCCCl)CC2)c1. The average molecular weight is 299 g/mol. The minimum absolute atomic E-state index is 0.366. The van der Waals surface area contributed by atoms with Crippen LogP contribution < -0.4 is 4.74 Å². The van der Waals surface area contributed by atoms with Gasteiger partial charge in [-0.2, -0.15) is 0 Å². The molecule has 0 amide bonds. The van der Waals surface area contributed by atoms with E-state index in [2.05, 4.69) is 9.88 Å². The van der Waals surface area contributed by atoms with Crippen molar-refractivity contribution in [3.8, 4) is 5.75 Å². The largest absolute Gasteiger partial charge is 0.497 e. The maximum atomic E-state index is 5.69. The third-order valence-corrected chi connectivity index (χ3v) is 3.72. The van der Waals surface area contributed by atoms with Crippen LogP contribution in [0.2, 0.25) is 0 Å². The van der Waals surface area contributed by atoms with Gasteiger partial charge in [-0.1, -0.05) is 0 Å². The average Bonchev–Trinajstić information content (AvgIpc) is 2.46. The van der Waals surface area contributed by atoms with Crippen molar-refractivity contribution in [2.75, 3.05) is 32.7 Å². The molecular weight excluding hydrogens is 276 g/mol. The Kier molecular flexibility index (Phi) is 6.07. The lowest BCUT2D eigenvalue weighted by Gasteiger charge is -2.31. The molecule has 0 bridgehead atoms. The quantitative estimate of drug-likeness (QED) is 0.756. The zero-order valence-electron chi connectivity index (χ0n) is 12.3. The van der Waals surface area contributed by atoms with Crippen LogP contribution in [0.1, 0.15) is 24.2 Å². The molecule has 0 N–H and O–H groups in total. The number of nitrogens with zero attached hydrogens (tertiary/aromatic N) is 2. The van der Waals surface area contributed by atoms with Crippen molar-refractivity contribution in [3.63, 3.8) is 0 Å². The molecule has 1 aliphatic heterocycles. The molecule has 2 heterocycles. The zero-order chi connectivity index (χ0) is 14.4. The molecule has 1 aliphatic rings. The number of likely N-dealkylation sites (tertiary alicyclic amines) is 1. The van der Waals surface area contributed by atoms with Crippen molar-refractivity contribution >= 4 is 11.6 Å². The number of methoxy groups -OCH3 is 1. The first-order chi connectivity index (χ1) is 9.71. The third kappa shape index (κ3) is 4.62. The van der Waals surface area contributed by atoms with Crippen molar-refractivity contribution in [1.82, 2.24) is 9.88 Å². The Morgan fingerprint density at radius 2 is 2.10 bits per heavy atom. The van der Waals surface area contributed by atoms with E-state index in [-0.39, 0.29) is 0 Å². The van der Waals surface area contributed by atoms with Gasteiger partial charge in [0, 0.05) is 43.3 Å². The summed E-state index contributed by atoms with van der Waals surface area (Å²) in [7, 11) is 1.69. The van der Waals surface area contributed by atoms with Gasteiger partial charge in [0.05, 0.1) is 25.5 Å². The number of alkyl halides is 1.